The molecule has 11 aromatic rings. The Hall–Kier alpha value is -7.09. The minimum atomic E-state index is 0.793. The van der Waals surface area contributed by atoms with Gasteiger partial charge in [0.05, 0.1) is 27.8 Å². The number of benzene rings is 6. The summed E-state index contributed by atoms with van der Waals surface area (Å²) in [7, 11) is 0. The fraction of sp³-hybridized carbons (Fsp3) is 0. The second-order valence-corrected chi connectivity index (χ2v) is 13.0. The van der Waals surface area contributed by atoms with Crippen LogP contribution in [-0.2, 0) is 0 Å². The summed E-state index contributed by atoms with van der Waals surface area (Å²) in [5.74, 6) is 0. The summed E-state index contributed by atoms with van der Waals surface area (Å²) in [4.78, 5) is 4.67. The molecule has 7 aromatic carbocycles. The number of aromatic nitrogens is 3. The SMILES string of the molecule is c1cccc(-n2c3ccccc3c3cc(-c4ccccc4)c(-c4ccc5c6ccccc6n(-c6ccc7oc8cccnc8c7c6)c5c4)cc32)c#1. The molecule has 51 heavy (non-hydrogen) atoms. The van der Waals surface area contributed by atoms with Gasteiger partial charge in [-0.3, -0.25) is 4.98 Å². The maximum Gasteiger partial charge on any atom is 0.153 e. The standard InChI is InChI=1S/C47H27N3O/c1-3-12-30(13-4-1)37-28-39-35-17-8-10-19-42(35)49(32-14-5-2-6-15-32)44(39)29-38(37)31-21-23-36-34-16-7-9-18-41(34)50(43(36)26-31)33-22-24-45-40(27-33)47-46(51-45)20-11-25-48-47/h1-5,7-14,16-29H. The number of hydrogen-bond acceptors (Lipinski definition) is 2. The van der Waals surface area contributed by atoms with Gasteiger partial charge in [-0.25, -0.2) is 0 Å². The van der Waals surface area contributed by atoms with Gasteiger partial charge in [0.1, 0.15) is 11.1 Å². The Kier molecular flexibility index (Phi) is 5.84. The maximum absolute atomic E-state index is 6.15. The van der Waals surface area contributed by atoms with Gasteiger partial charge in [0.15, 0.2) is 5.58 Å². The molecule has 0 N–H and O–H groups in total. The van der Waals surface area contributed by atoms with Gasteiger partial charge in [-0.05, 0) is 101 Å². The van der Waals surface area contributed by atoms with Gasteiger partial charge >= 0.3 is 0 Å². The molecular weight excluding hydrogens is 623 g/mol. The highest BCUT2D eigenvalue weighted by molar-refractivity contribution is 6.14. The van der Waals surface area contributed by atoms with Crippen molar-refractivity contribution >= 4 is 65.7 Å². The average molecular weight is 650 g/mol. The fourth-order valence-corrected chi connectivity index (χ4v) is 7.99. The zero-order valence-electron chi connectivity index (χ0n) is 27.3. The molecule has 0 radical (unpaired) electrons. The van der Waals surface area contributed by atoms with E-state index >= 15 is 0 Å². The molecule has 0 aliphatic carbocycles. The van der Waals surface area contributed by atoms with Crippen LogP contribution in [0.25, 0.3) is 99.3 Å². The van der Waals surface area contributed by atoms with E-state index in [9.17, 15) is 0 Å². The van der Waals surface area contributed by atoms with Gasteiger partial charge in [0, 0.05) is 38.8 Å². The maximum atomic E-state index is 6.15. The molecular formula is C47H27N3O. The largest absolute Gasteiger partial charge is 0.454 e. The Labute approximate surface area is 293 Å². The number of rotatable bonds is 4. The number of nitrogens with zero attached hydrogens (tertiary/aromatic N) is 3. The van der Waals surface area contributed by atoms with Crippen LogP contribution in [-0.4, -0.2) is 14.1 Å². The highest BCUT2D eigenvalue weighted by Crippen LogP contribution is 2.43. The molecule has 4 heteroatoms. The molecule has 0 spiro atoms. The minimum absolute atomic E-state index is 0.793. The van der Waals surface area contributed by atoms with Gasteiger partial charge in [-0.2, -0.15) is 0 Å². The van der Waals surface area contributed by atoms with Crippen molar-refractivity contribution in [1.29, 1.82) is 0 Å². The summed E-state index contributed by atoms with van der Waals surface area (Å²) in [6, 6.07) is 62.6. The van der Waals surface area contributed by atoms with Gasteiger partial charge in [-0.1, -0.05) is 91.0 Å². The number of hydrogen-bond donors (Lipinski definition) is 0. The van der Waals surface area contributed by atoms with Gasteiger partial charge in [0.25, 0.3) is 0 Å². The molecule has 0 aliphatic rings. The molecule has 0 atom stereocenters. The molecule has 4 nitrogen and oxygen atoms in total. The zero-order valence-corrected chi connectivity index (χ0v) is 27.3. The fourth-order valence-electron chi connectivity index (χ4n) is 7.99. The lowest BCUT2D eigenvalue weighted by atomic mass is 9.92. The van der Waals surface area contributed by atoms with Crippen LogP contribution in [0, 0.1) is 12.1 Å². The highest BCUT2D eigenvalue weighted by atomic mass is 16.3. The van der Waals surface area contributed by atoms with Crippen LogP contribution in [0.15, 0.2) is 168 Å². The number of para-hydroxylation sites is 2. The predicted octanol–water partition coefficient (Wildman–Crippen LogP) is 12.1. The van der Waals surface area contributed by atoms with E-state index in [2.05, 4.69) is 160 Å². The Morgan fingerprint density at radius 3 is 2.06 bits per heavy atom. The lowest BCUT2D eigenvalue weighted by molar-refractivity contribution is 0.668. The second kappa shape index (κ2) is 10.7. The first-order valence-electron chi connectivity index (χ1n) is 17.1. The van der Waals surface area contributed by atoms with Crippen molar-refractivity contribution in [2.24, 2.45) is 0 Å². The van der Waals surface area contributed by atoms with Crippen LogP contribution in [0.4, 0.5) is 0 Å². The lowest BCUT2D eigenvalue weighted by Crippen LogP contribution is -1.95. The third kappa shape index (κ3) is 4.13. The van der Waals surface area contributed by atoms with E-state index in [1.165, 1.54) is 32.7 Å². The number of furan rings is 1. The van der Waals surface area contributed by atoms with Crippen LogP contribution >= 0.6 is 0 Å². The number of pyridine rings is 1. The second-order valence-electron chi connectivity index (χ2n) is 13.0. The van der Waals surface area contributed by atoms with E-state index in [0.717, 1.165) is 66.6 Å². The zero-order chi connectivity index (χ0) is 33.5. The molecule has 4 heterocycles. The molecule has 0 saturated carbocycles. The quantitative estimate of drug-likeness (QED) is 0.190. The summed E-state index contributed by atoms with van der Waals surface area (Å²) >= 11 is 0. The summed E-state index contributed by atoms with van der Waals surface area (Å²) in [6.07, 6.45) is 1.82. The van der Waals surface area contributed by atoms with Crippen molar-refractivity contribution < 1.29 is 4.42 Å². The van der Waals surface area contributed by atoms with E-state index in [1.54, 1.807) is 0 Å². The third-order valence-electron chi connectivity index (χ3n) is 10.2. The highest BCUT2D eigenvalue weighted by Gasteiger charge is 2.20. The van der Waals surface area contributed by atoms with Crippen molar-refractivity contribution in [2.75, 3.05) is 0 Å². The molecule has 0 bridgehead atoms. The van der Waals surface area contributed by atoms with Gasteiger partial charge in [-0.15, -0.1) is 0 Å². The molecule has 0 aliphatic heterocycles. The smallest absolute Gasteiger partial charge is 0.153 e. The van der Waals surface area contributed by atoms with Gasteiger partial charge in [0.2, 0.25) is 0 Å². The summed E-state index contributed by atoms with van der Waals surface area (Å²) < 4.78 is 10.8. The summed E-state index contributed by atoms with van der Waals surface area (Å²) in [6.45, 7) is 0. The summed E-state index contributed by atoms with van der Waals surface area (Å²) in [5.41, 5.74) is 13.8. The van der Waals surface area contributed by atoms with E-state index in [1.807, 2.05) is 30.5 Å². The molecule has 11 rings (SSSR count). The Bertz CT molecular complexity index is 3130. The minimum Gasteiger partial charge on any atom is -0.454 e. The Balaban J connectivity index is 1.22. The van der Waals surface area contributed by atoms with Crippen LogP contribution < -0.4 is 0 Å². The number of fused-ring (bicyclic) bond motifs is 9. The lowest BCUT2D eigenvalue weighted by Gasteiger charge is -2.14. The molecule has 0 fully saturated rings. The van der Waals surface area contributed by atoms with Crippen molar-refractivity contribution in [3.05, 3.63) is 176 Å². The Morgan fingerprint density at radius 1 is 0.471 bits per heavy atom. The van der Waals surface area contributed by atoms with E-state index in [-0.39, 0.29) is 0 Å². The van der Waals surface area contributed by atoms with Crippen molar-refractivity contribution in [3.8, 4) is 33.6 Å². The van der Waals surface area contributed by atoms with Crippen molar-refractivity contribution in [1.82, 2.24) is 14.1 Å². The first-order chi connectivity index (χ1) is 25.3. The van der Waals surface area contributed by atoms with Crippen LogP contribution in [0.3, 0.4) is 0 Å². The van der Waals surface area contributed by atoms with E-state index < -0.39 is 0 Å². The van der Waals surface area contributed by atoms with Crippen LogP contribution in [0.5, 0.6) is 0 Å². The normalized spacial score (nSPS) is 11.8. The van der Waals surface area contributed by atoms with E-state index in [4.69, 9.17) is 4.42 Å². The Morgan fingerprint density at radius 2 is 1.22 bits per heavy atom. The first kappa shape index (κ1) is 27.8. The summed E-state index contributed by atoms with van der Waals surface area (Å²) in [5, 5.41) is 5.83. The molecule has 0 saturated heterocycles. The third-order valence-corrected chi connectivity index (χ3v) is 10.2. The average Bonchev–Trinajstić information content (AvgIpc) is 3.85. The topological polar surface area (TPSA) is 35.9 Å². The van der Waals surface area contributed by atoms with Crippen LogP contribution in [0.2, 0.25) is 0 Å². The predicted molar refractivity (Wildman–Crippen MR) is 209 cm³/mol. The van der Waals surface area contributed by atoms with Gasteiger partial charge < -0.3 is 13.6 Å². The van der Waals surface area contributed by atoms with Crippen molar-refractivity contribution in [3.63, 3.8) is 0 Å². The van der Waals surface area contributed by atoms with Crippen LogP contribution in [0.1, 0.15) is 0 Å². The first-order valence-corrected chi connectivity index (χ1v) is 17.1. The molecule has 4 aromatic heterocycles. The monoisotopic (exact) mass is 649 g/mol. The van der Waals surface area contributed by atoms with E-state index in [0.29, 0.717) is 0 Å². The molecule has 0 unspecified atom stereocenters. The molecule has 236 valence electrons. The van der Waals surface area contributed by atoms with Crippen molar-refractivity contribution in [2.45, 2.75) is 0 Å². The molecule has 0 amide bonds.